The van der Waals surface area contributed by atoms with E-state index < -0.39 is 6.10 Å². The maximum Gasteiger partial charge on any atom is 0.0919 e. The van der Waals surface area contributed by atoms with Gasteiger partial charge < -0.3 is 10.0 Å². The quantitative estimate of drug-likeness (QED) is 0.848. The van der Waals surface area contributed by atoms with Crippen LogP contribution in [-0.2, 0) is 0 Å². The third kappa shape index (κ3) is 3.83. The van der Waals surface area contributed by atoms with Crippen molar-refractivity contribution >= 4 is 0 Å². The van der Waals surface area contributed by atoms with Crippen LogP contribution in [0.25, 0.3) is 0 Å². The van der Waals surface area contributed by atoms with E-state index in [2.05, 4.69) is 51.8 Å². The summed E-state index contributed by atoms with van der Waals surface area (Å²) in [6.45, 7) is 9.20. The third-order valence-corrected chi connectivity index (χ3v) is 3.59. The molecule has 2 atom stereocenters. The first kappa shape index (κ1) is 14.2. The number of benzene rings is 1. The van der Waals surface area contributed by atoms with Gasteiger partial charge in [0.15, 0.2) is 0 Å². The first-order valence-electron chi connectivity index (χ1n) is 6.41. The van der Waals surface area contributed by atoms with E-state index in [9.17, 15) is 5.11 Å². The lowest BCUT2D eigenvalue weighted by molar-refractivity contribution is 0.107. The van der Waals surface area contributed by atoms with E-state index in [1.165, 1.54) is 11.1 Å². The summed E-state index contributed by atoms with van der Waals surface area (Å²) in [5.41, 5.74) is 3.47. The standard InChI is InChI=1S/C15H25NO/c1-6-13(4)16(5)10-15(17)14-8-7-11(2)9-12(14)3/h7-9,13,15,17H,6,10H2,1-5H3. The second-order valence-corrected chi connectivity index (χ2v) is 5.07. The Labute approximate surface area is 105 Å². The lowest BCUT2D eigenvalue weighted by Gasteiger charge is -2.26. The molecule has 96 valence electrons. The minimum Gasteiger partial charge on any atom is -0.387 e. The number of likely N-dealkylation sites (N-methyl/N-ethyl adjacent to an activating group) is 1. The van der Waals surface area contributed by atoms with Crippen molar-refractivity contribution in [3.8, 4) is 0 Å². The van der Waals surface area contributed by atoms with E-state index >= 15 is 0 Å². The molecule has 0 bridgehead atoms. The molecule has 0 fully saturated rings. The summed E-state index contributed by atoms with van der Waals surface area (Å²) in [5.74, 6) is 0. The zero-order valence-electron chi connectivity index (χ0n) is 11.7. The molecule has 2 nitrogen and oxygen atoms in total. The van der Waals surface area contributed by atoms with Gasteiger partial charge in [0, 0.05) is 12.6 Å². The Balaban J connectivity index is 2.72. The Morgan fingerprint density at radius 1 is 1.29 bits per heavy atom. The molecule has 0 aliphatic carbocycles. The minimum absolute atomic E-state index is 0.394. The van der Waals surface area contributed by atoms with Gasteiger partial charge in [0.25, 0.3) is 0 Å². The number of hydrogen-bond donors (Lipinski definition) is 1. The molecule has 0 spiro atoms. The predicted octanol–water partition coefficient (Wildman–Crippen LogP) is 3.07. The van der Waals surface area contributed by atoms with Gasteiger partial charge in [-0.05, 0) is 45.4 Å². The maximum atomic E-state index is 10.3. The zero-order valence-corrected chi connectivity index (χ0v) is 11.7. The van der Waals surface area contributed by atoms with Crippen LogP contribution in [0.5, 0.6) is 0 Å². The van der Waals surface area contributed by atoms with E-state index in [1.807, 2.05) is 6.07 Å². The van der Waals surface area contributed by atoms with Crippen molar-refractivity contribution in [2.45, 2.75) is 46.3 Å². The fraction of sp³-hybridized carbons (Fsp3) is 0.600. The molecule has 0 aromatic heterocycles. The number of aliphatic hydroxyl groups excluding tert-OH is 1. The van der Waals surface area contributed by atoms with Crippen molar-refractivity contribution in [2.24, 2.45) is 0 Å². The Kier molecular flexibility index (Phi) is 5.16. The van der Waals surface area contributed by atoms with Crippen LogP contribution in [0.15, 0.2) is 18.2 Å². The molecule has 1 N–H and O–H groups in total. The Morgan fingerprint density at radius 2 is 1.94 bits per heavy atom. The number of aliphatic hydroxyl groups is 1. The molecule has 0 amide bonds. The summed E-state index contributed by atoms with van der Waals surface area (Å²) in [7, 11) is 2.07. The van der Waals surface area contributed by atoms with Gasteiger partial charge in [-0.1, -0.05) is 30.7 Å². The molecule has 0 radical (unpaired) electrons. The number of rotatable bonds is 5. The fourth-order valence-electron chi connectivity index (χ4n) is 2.06. The van der Waals surface area contributed by atoms with Crippen molar-refractivity contribution in [2.75, 3.05) is 13.6 Å². The molecule has 0 saturated heterocycles. The topological polar surface area (TPSA) is 23.5 Å². The van der Waals surface area contributed by atoms with Gasteiger partial charge >= 0.3 is 0 Å². The summed E-state index contributed by atoms with van der Waals surface area (Å²) in [6, 6.07) is 6.74. The summed E-state index contributed by atoms with van der Waals surface area (Å²) in [5, 5.41) is 10.3. The molecule has 17 heavy (non-hydrogen) atoms. The van der Waals surface area contributed by atoms with Gasteiger partial charge in [0.1, 0.15) is 0 Å². The molecule has 0 saturated carbocycles. The predicted molar refractivity (Wildman–Crippen MR) is 73.3 cm³/mol. The fourth-order valence-corrected chi connectivity index (χ4v) is 2.06. The van der Waals surface area contributed by atoms with Gasteiger partial charge in [-0.3, -0.25) is 0 Å². The van der Waals surface area contributed by atoms with E-state index in [0.29, 0.717) is 12.6 Å². The zero-order chi connectivity index (χ0) is 13.0. The van der Waals surface area contributed by atoms with Gasteiger partial charge in [-0.25, -0.2) is 0 Å². The van der Waals surface area contributed by atoms with Gasteiger partial charge in [-0.15, -0.1) is 0 Å². The van der Waals surface area contributed by atoms with Gasteiger partial charge in [0.2, 0.25) is 0 Å². The normalized spacial score (nSPS) is 15.0. The van der Waals surface area contributed by atoms with Crippen LogP contribution in [0.3, 0.4) is 0 Å². The second-order valence-electron chi connectivity index (χ2n) is 5.07. The maximum absolute atomic E-state index is 10.3. The molecule has 0 aliphatic heterocycles. The molecular weight excluding hydrogens is 210 g/mol. The van der Waals surface area contributed by atoms with Crippen LogP contribution in [0, 0.1) is 13.8 Å². The van der Waals surface area contributed by atoms with Crippen LogP contribution in [0.4, 0.5) is 0 Å². The van der Waals surface area contributed by atoms with E-state index in [4.69, 9.17) is 0 Å². The van der Waals surface area contributed by atoms with Crippen molar-refractivity contribution in [3.05, 3.63) is 34.9 Å². The molecular formula is C15H25NO. The molecule has 1 rings (SSSR count). The van der Waals surface area contributed by atoms with Crippen molar-refractivity contribution in [1.82, 2.24) is 4.90 Å². The lowest BCUT2D eigenvalue weighted by atomic mass is 10.0. The Hall–Kier alpha value is -0.860. The van der Waals surface area contributed by atoms with Crippen LogP contribution in [-0.4, -0.2) is 29.6 Å². The molecule has 1 aromatic rings. The first-order chi connectivity index (χ1) is 7.95. The molecule has 2 unspecified atom stereocenters. The highest BCUT2D eigenvalue weighted by atomic mass is 16.3. The van der Waals surface area contributed by atoms with Gasteiger partial charge in [0.05, 0.1) is 6.10 Å². The average molecular weight is 235 g/mol. The molecule has 0 aliphatic rings. The number of hydrogen-bond acceptors (Lipinski definition) is 2. The summed E-state index contributed by atoms with van der Waals surface area (Å²) in [6.07, 6.45) is 0.713. The molecule has 0 heterocycles. The number of aryl methyl sites for hydroxylation is 2. The average Bonchev–Trinajstić information content (AvgIpc) is 2.27. The summed E-state index contributed by atoms with van der Waals surface area (Å²) < 4.78 is 0. The van der Waals surface area contributed by atoms with E-state index in [-0.39, 0.29) is 0 Å². The van der Waals surface area contributed by atoms with Crippen LogP contribution < -0.4 is 0 Å². The largest absolute Gasteiger partial charge is 0.387 e. The Morgan fingerprint density at radius 3 is 2.47 bits per heavy atom. The molecule has 2 heteroatoms. The van der Waals surface area contributed by atoms with Gasteiger partial charge in [-0.2, -0.15) is 0 Å². The van der Waals surface area contributed by atoms with Crippen LogP contribution in [0.1, 0.15) is 43.1 Å². The van der Waals surface area contributed by atoms with Crippen LogP contribution in [0.2, 0.25) is 0 Å². The van der Waals surface area contributed by atoms with Crippen molar-refractivity contribution in [1.29, 1.82) is 0 Å². The monoisotopic (exact) mass is 235 g/mol. The van der Waals surface area contributed by atoms with Crippen LogP contribution >= 0.6 is 0 Å². The highest BCUT2D eigenvalue weighted by molar-refractivity contribution is 5.32. The highest BCUT2D eigenvalue weighted by Gasteiger charge is 2.15. The lowest BCUT2D eigenvalue weighted by Crippen LogP contribution is -2.32. The van der Waals surface area contributed by atoms with E-state index in [0.717, 1.165) is 12.0 Å². The second kappa shape index (κ2) is 6.18. The Bertz CT molecular complexity index is 362. The summed E-state index contributed by atoms with van der Waals surface area (Å²) >= 11 is 0. The third-order valence-electron chi connectivity index (χ3n) is 3.59. The van der Waals surface area contributed by atoms with E-state index in [1.54, 1.807) is 0 Å². The summed E-state index contributed by atoms with van der Waals surface area (Å²) in [4.78, 5) is 2.21. The number of nitrogens with zero attached hydrogens (tertiary/aromatic N) is 1. The molecule has 1 aromatic carbocycles. The highest BCUT2D eigenvalue weighted by Crippen LogP contribution is 2.20. The van der Waals surface area contributed by atoms with Crippen molar-refractivity contribution in [3.63, 3.8) is 0 Å². The SMILES string of the molecule is CCC(C)N(C)CC(O)c1ccc(C)cc1C. The minimum atomic E-state index is -0.394. The first-order valence-corrected chi connectivity index (χ1v) is 6.41. The van der Waals surface area contributed by atoms with Crippen molar-refractivity contribution < 1.29 is 5.11 Å². The smallest absolute Gasteiger partial charge is 0.0919 e.